The van der Waals surface area contributed by atoms with Gasteiger partial charge in [-0.2, -0.15) is 0 Å². The van der Waals surface area contributed by atoms with Crippen LogP contribution >= 0.6 is 0 Å². The highest BCUT2D eigenvalue weighted by Gasteiger charge is 2.05. The molecule has 0 unspecified atom stereocenters. The lowest BCUT2D eigenvalue weighted by atomic mass is 10.1. The molecule has 1 nitrogen and oxygen atoms in total. The number of benzene rings is 1. The number of rotatable bonds is 3. The van der Waals surface area contributed by atoms with E-state index in [0.717, 1.165) is 5.56 Å². The predicted octanol–water partition coefficient (Wildman–Crippen LogP) is 3.71. The first-order valence-corrected chi connectivity index (χ1v) is 6.06. The summed E-state index contributed by atoms with van der Waals surface area (Å²) >= 11 is 0. The van der Waals surface area contributed by atoms with Gasteiger partial charge in [-0.15, -0.1) is 0 Å². The standard InChI is InChI=1S/C17H18N/c1-4-15-10-11-18(3)17(13-15)12-14(2)16-8-6-5-7-9-16/h4-13H,1H2,2-3H3/q+1. The van der Waals surface area contributed by atoms with Gasteiger partial charge in [-0.3, -0.25) is 0 Å². The number of aryl methyl sites for hydroxylation is 1. The van der Waals surface area contributed by atoms with Crippen LogP contribution in [0.25, 0.3) is 17.7 Å². The summed E-state index contributed by atoms with van der Waals surface area (Å²) in [6.07, 6.45) is 6.12. The van der Waals surface area contributed by atoms with Crippen LogP contribution < -0.4 is 4.57 Å². The Morgan fingerprint density at radius 3 is 2.56 bits per heavy atom. The first-order chi connectivity index (χ1) is 8.70. The molecule has 18 heavy (non-hydrogen) atoms. The molecule has 0 amide bonds. The fourth-order valence-electron chi connectivity index (χ4n) is 1.88. The maximum atomic E-state index is 3.81. The Hall–Kier alpha value is -2.15. The van der Waals surface area contributed by atoms with Crippen LogP contribution in [0.4, 0.5) is 0 Å². The smallest absolute Gasteiger partial charge is 0.201 e. The van der Waals surface area contributed by atoms with Crippen molar-refractivity contribution in [3.05, 3.63) is 72.1 Å². The van der Waals surface area contributed by atoms with E-state index in [1.807, 2.05) is 12.1 Å². The van der Waals surface area contributed by atoms with Crippen molar-refractivity contribution < 1.29 is 4.57 Å². The molecule has 0 atom stereocenters. The first kappa shape index (κ1) is 12.3. The molecular formula is C17H18N+. The Morgan fingerprint density at radius 1 is 1.17 bits per heavy atom. The van der Waals surface area contributed by atoms with Gasteiger partial charge in [0.2, 0.25) is 5.69 Å². The summed E-state index contributed by atoms with van der Waals surface area (Å²) in [5, 5.41) is 0. The molecule has 0 saturated heterocycles. The van der Waals surface area contributed by atoms with Crippen LogP contribution in [-0.2, 0) is 7.05 Å². The van der Waals surface area contributed by atoms with Crippen molar-refractivity contribution in [3.63, 3.8) is 0 Å². The first-order valence-electron chi connectivity index (χ1n) is 6.06. The fraction of sp³-hybridized carbons (Fsp3) is 0.118. The van der Waals surface area contributed by atoms with Gasteiger partial charge in [0.1, 0.15) is 7.05 Å². The Morgan fingerprint density at radius 2 is 1.89 bits per heavy atom. The number of nitrogens with zero attached hydrogens (tertiary/aromatic N) is 1. The molecule has 0 aliphatic rings. The molecule has 0 radical (unpaired) electrons. The normalized spacial score (nSPS) is 11.3. The Bertz CT molecular complexity index is 580. The van der Waals surface area contributed by atoms with Crippen LogP contribution in [0.5, 0.6) is 0 Å². The molecule has 0 spiro atoms. The monoisotopic (exact) mass is 236 g/mol. The van der Waals surface area contributed by atoms with E-state index >= 15 is 0 Å². The van der Waals surface area contributed by atoms with Crippen LogP contribution in [0.2, 0.25) is 0 Å². The third-order valence-corrected chi connectivity index (χ3v) is 3.04. The SMILES string of the molecule is C=Cc1cc[n+](C)c(C=C(C)c2ccccc2)c1. The molecule has 2 aromatic rings. The second-order valence-corrected chi connectivity index (χ2v) is 4.39. The second kappa shape index (κ2) is 5.46. The lowest BCUT2D eigenvalue weighted by Crippen LogP contribution is -2.31. The lowest BCUT2D eigenvalue weighted by Gasteiger charge is -2.01. The van der Waals surface area contributed by atoms with Gasteiger partial charge in [-0.1, -0.05) is 43.0 Å². The van der Waals surface area contributed by atoms with Gasteiger partial charge in [-0.25, -0.2) is 4.57 Å². The molecule has 0 fully saturated rings. The highest BCUT2D eigenvalue weighted by atomic mass is 14.9. The van der Waals surface area contributed by atoms with Crippen LogP contribution in [-0.4, -0.2) is 0 Å². The van der Waals surface area contributed by atoms with Crippen molar-refractivity contribution in [1.82, 2.24) is 0 Å². The van der Waals surface area contributed by atoms with Gasteiger partial charge in [0.05, 0.1) is 0 Å². The number of aromatic nitrogens is 1. The molecule has 1 aromatic heterocycles. The van der Waals surface area contributed by atoms with Crippen molar-refractivity contribution >= 4 is 17.7 Å². The van der Waals surface area contributed by atoms with E-state index in [-0.39, 0.29) is 0 Å². The lowest BCUT2D eigenvalue weighted by molar-refractivity contribution is -0.673. The number of pyridine rings is 1. The maximum Gasteiger partial charge on any atom is 0.205 e. The van der Waals surface area contributed by atoms with E-state index in [9.17, 15) is 0 Å². The molecular weight excluding hydrogens is 218 g/mol. The molecule has 1 heterocycles. The Labute approximate surface area is 109 Å². The van der Waals surface area contributed by atoms with Gasteiger partial charge in [0.15, 0.2) is 6.20 Å². The highest BCUT2D eigenvalue weighted by molar-refractivity contribution is 5.78. The van der Waals surface area contributed by atoms with E-state index in [1.54, 1.807) is 0 Å². The molecule has 0 bridgehead atoms. The minimum absolute atomic E-state index is 1.14. The van der Waals surface area contributed by atoms with Crippen molar-refractivity contribution in [2.24, 2.45) is 7.05 Å². The largest absolute Gasteiger partial charge is 0.205 e. The number of hydrogen-bond acceptors (Lipinski definition) is 0. The van der Waals surface area contributed by atoms with Crippen LogP contribution in [0.1, 0.15) is 23.7 Å². The summed E-state index contributed by atoms with van der Waals surface area (Å²) in [7, 11) is 2.05. The van der Waals surface area contributed by atoms with E-state index in [1.165, 1.54) is 16.8 Å². The zero-order chi connectivity index (χ0) is 13.0. The van der Waals surface area contributed by atoms with E-state index in [4.69, 9.17) is 0 Å². The van der Waals surface area contributed by atoms with Crippen LogP contribution in [0.3, 0.4) is 0 Å². The summed E-state index contributed by atoms with van der Waals surface area (Å²) in [6, 6.07) is 14.6. The molecule has 1 aromatic carbocycles. The minimum atomic E-state index is 1.14. The third kappa shape index (κ3) is 2.75. The molecule has 0 aliphatic carbocycles. The summed E-state index contributed by atoms with van der Waals surface area (Å²) in [5.74, 6) is 0. The van der Waals surface area contributed by atoms with Crippen molar-refractivity contribution in [3.8, 4) is 0 Å². The molecule has 0 saturated carbocycles. The zero-order valence-electron chi connectivity index (χ0n) is 10.9. The summed E-state index contributed by atoms with van der Waals surface area (Å²) in [4.78, 5) is 0. The van der Waals surface area contributed by atoms with Gasteiger partial charge >= 0.3 is 0 Å². The molecule has 90 valence electrons. The average molecular weight is 236 g/mol. The van der Waals surface area contributed by atoms with Crippen molar-refractivity contribution in [2.45, 2.75) is 6.92 Å². The van der Waals surface area contributed by atoms with Gasteiger partial charge in [0, 0.05) is 18.2 Å². The van der Waals surface area contributed by atoms with E-state index in [0.29, 0.717) is 0 Å². The van der Waals surface area contributed by atoms with E-state index < -0.39 is 0 Å². The minimum Gasteiger partial charge on any atom is -0.201 e. The van der Waals surface area contributed by atoms with Crippen LogP contribution in [0.15, 0.2) is 55.2 Å². The predicted molar refractivity (Wildman–Crippen MR) is 77.7 cm³/mol. The summed E-state index contributed by atoms with van der Waals surface area (Å²) < 4.78 is 2.11. The third-order valence-electron chi connectivity index (χ3n) is 3.04. The van der Waals surface area contributed by atoms with E-state index in [2.05, 4.69) is 73.8 Å². The second-order valence-electron chi connectivity index (χ2n) is 4.39. The topological polar surface area (TPSA) is 3.88 Å². The fourth-order valence-corrected chi connectivity index (χ4v) is 1.88. The number of allylic oxidation sites excluding steroid dienone is 1. The molecule has 2 rings (SSSR count). The van der Waals surface area contributed by atoms with Gasteiger partial charge in [-0.05, 0) is 23.6 Å². The Balaban J connectivity index is 2.41. The number of hydrogen-bond donors (Lipinski definition) is 0. The molecule has 0 N–H and O–H groups in total. The average Bonchev–Trinajstić information content (AvgIpc) is 2.42. The summed E-state index contributed by atoms with van der Waals surface area (Å²) in [6.45, 7) is 5.94. The zero-order valence-corrected chi connectivity index (χ0v) is 10.9. The Kier molecular flexibility index (Phi) is 3.73. The van der Waals surface area contributed by atoms with Crippen molar-refractivity contribution in [1.29, 1.82) is 0 Å². The highest BCUT2D eigenvalue weighted by Crippen LogP contribution is 2.16. The molecule has 1 heteroatoms. The molecule has 0 aliphatic heterocycles. The quantitative estimate of drug-likeness (QED) is 0.715. The van der Waals surface area contributed by atoms with Gasteiger partial charge in [0.25, 0.3) is 0 Å². The maximum absolute atomic E-state index is 3.81. The van der Waals surface area contributed by atoms with Crippen LogP contribution in [0, 0.1) is 0 Å². The summed E-state index contributed by atoms with van der Waals surface area (Å²) in [5.41, 5.74) is 4.82. The van der Waals surface area contributed by atoms with Crippen molar-refractivity contribution in [2.75, 3.05) is 0 Å². The van der Waals surface area contributed by atoms with Gasteiger partial charge < -0.3 is 0 Å².